The summed E-state index contributed by atoms with van der Waals surface area (Å²) in [4.78, 5) is 7.08. The van der Waals surface area contributed by atoms with Crippen LogP contribution in [0.3, 0.4) is 0 Å². The SMILES string of the molecule is CCNC(=NCc1ccccc1OCCN(CC)CC)NCc1ccnn1C.I. The number of likely N-dealkylation sites (N-methyl/N-ethyl adjacent to an activating group) is 1. The minimum absolute atomic E-state index is 0. The van der Waals surface area contributed by atoms with Gasteiger partial charge in [-0.3, -0.25) is 4.68 Å². The molecule has 0 aliphatic rings. The van der Waals surface area contributed by atoms with Gasteiger partial charge >= 0.3 is 0 Å². The number of nitrogens with one attached hydrogen (secondary N) is 2. The van der Waals surface area contributed by atoms with E-state index in [0.29, 0.717) is 19.7 Å². The van der Waals surface area contributed by atoms with Crippen LogP contribution in [-0.2, 0) is 20.1 Å². The van der Waals surface area contributed by atoms with Crippen LogP contribution >= 0.6 is 24.0 Å². The predicted molar refractivity (Wildman–Crippen MR) is 130 cm³/mol. The maximum Gasteiger partial charge on any atom is 0.191 e. The van der Waals surface area contributed by atoms with Gasteiger partial charge in [-0.25, -0.2) is 4.99 Å². The predicted octanol–water partition coefficient (Wildman–Crippen LogP) is 3.01. The highest BCUT2D eigenvalue weighted by Crippen LogP contribution is 2.18. The van der Waals surface area contributed by atoms with E-state index >= 15 is 0 Å². The first-order chi connectivity index (χ1) is 13.7. The topological polar surface area (TPSA) is 66.7 Å². The summed E-state index contributed by atoms with van der Waals surface area (Å²) in [6, 6.07) is 10.1. The van der Waals surface area contributed by atoms with Crippen LogP contribution in [0.15, 0.2) is 41.5 Å². The molecule has 7 nitrogen and oxygen atoms in total. The highest BCUT2D eigenvalue weighted by molar-refractivity contribution is 14.0. The van der Waals surface area contributed by atoms with Crippen molar-refractivity contribution in [1.29, 1.82) is 0 Å². The standard InChI is InChI=1S/C21H34N6O.HI/c1-5-22-21(24-17-19-12-13-25-26(19)4)23-16-18-10-8-9-11-20(18)28-15-14-27(6-2)7-3;/h8-13H,5-7,14-17H2,1-4H3,(H2,22,23,24);1H. The lowest BCUT2D eigenvalue weighted by Crippen LogP contribution is -2.37. The minimum Gasteiger partial charge on any atom is -0.492 e. The molecule has 2 aromatic rings. The summed E-state index contributed by atoms with van der Waals surface area (Å²) in [6.45, 7) is 12.1. The Morgan fingerprint density at radius 2 is 1.90 bits per heavy atom. The summed E-state index contributed by atoms with van der Waals surface area (Å²) in [6.07, 6.45) is 1.80. The zero-order valence-corrected chi connectivity index (χ0v) is 20.3. The van der Waals surface area contributed by atoms with Gasteiger partial charge in [0.25, 0.3) is 0 Å². The maximum absolute atomic E-state index is 6.03. The number of hydrogen-bond donors (Lipinski definition) is 2. The number of aliphatic imine (C=N–C) groups is 1. The summed E-state index contributed by atoms with van der Waals surface area (Å²) in [7, 11) is 1.94. The Balaban J connectivity index is 0.00000420. The first kappa shape index (κ1) is 25.2. The molecule has 0 saturated carbocycles. The van der Waals surface area contributed by atoms with Gasteiger partial charge in [0, 0.05) is 31.9 Å². The average molecular weight is 514 g/mol. The van der Waals surface area contributed by atoms with E-state index in [-0.39, 0.29) is 24.0 Å². The third-order valence-corrected chi connectivity index (χ3v) is 4.64. The summed E-state index contributed by atoms with van der Waals surface area (Å²) < 4.78 is 7.89. The van der Waals surface area contributed by atoms with Crippen molar-refractivity contribution in [3.05, 3.63) is 47.8 Å². The number of ether oxygens (including phenoxy) is 1. The monoisotopic (exact) mass is 514 g/mol. The Morgan fingerprint density at radius 3 is 2.55 bits per heavy atom. The first-order valence-corrected chi connectivity index (χ1v) is 10.1. The van der Waals surface area contributed by atoms with E-state index in [1.165, 1.54) is 0 Å². The Bertz CT molecular complexity index is 729. The largest absolute Gasteiger partial charge is 0.492 e. The molecule has 29 heavy (non-hydrogen) atoms. The van der Waals surface area contributed by atoms with Crippen molar-refractivity contribution >= 4 is 29.9 Å². The van der Waals surface area contributed by atoms with Crippen molar-refractivity contribution < 1.29 is 4.74 Å². The number of halogens is 1. The van der Waals surface area contributed by atoms with Gasteiger partial charge in [-0.15, -0.1) is 24.0 Å². The van der Waals surface area contributed by atoms with Crippen LogP contribution in [0.1, 0.15) is 32.0 Å². The fraction of sp³-hybridized carbons (Fsp3) is 0.524. The average Bonchev–Trinajstić information content (AvgIpc) is 3.13. The fourth-order valence-corrected chi connectivity index (χ4v) is 2.85. The van der Waals surface area contributed by atoms with Crippen molar-refractivity contribution in [3.63, 3.8) is 0 Å². The van der Waals surface area contributed by atoms with Crippen LogP contribution in [0.25, 0.3) is 0 Å². The lowest BCUT2D eigenvalue weighted by Gasteiger charge is -2.19. The number of para-hydroxylation sites is 1. The van der Waals surface area contributed by atoms with Crippen molar-refractivity contribution in [3.8, 4) is 5.75 Å². The van der Waals surface area contributed by atoms with Crippen LogP contribution < -0.4 is 15.4 Å². The molecule has 0 atom stereocenters. The van der Waals surface area contributed by atoms with Crippen LogP contribution in [0.5, 0.6) is 5.75 Å². The van der Waals surface area contributed by atoms with Crippen LogP contribution in [0.2, 0.25) is 0 Å². The van der Waals surface area contributed by atoms with Gasteiger partial charge in [0.05, 0.1) is 18.8 Å². The van der Waals surface area contributed by atoms with Gasteiger partial charge < -0.3 is 20.3 Å². The summed E-state index contributed by atoms with van der Waals surface area (Å²) in [5.41, 5.74) is 2.19. The fourth-order valence-electron chi connectivity index (χ4n) is 2.85. The number of aryl methyl sites for hydroxylation is 1. The molecule has 0 amide bonds. The van der Waals surface area contributed by atoms with Gasteiger partial charge in [0.2, 0.25) is 0 Å². The van der Waals surface area contributed by atoms with Gasteiger partial charge in [0.1, 0.15) is 12.4 Å². The zero-order chi connectivity index (χ0) is 20.2. The molecule has 0 bridgehead atoms. The third-order valence-electron chi connectivity index (χ3n) is 4.64. The van der Waals surface area contributed by atoms with Crippen LogP contribution in [-0.4, -0.2) is 53.4 Å². The molecule has 0 radical (unpaired) electrons. The molecular formula is C21H35IN6O. The molecule has 0 spiro atoms. The number of guanidine groups is 1. The number of hydrogen-bond acceptors (Lipinski definition) is 4. The second-order valence-electron chi connectivity index (χ2n) is 6.48. The normalized spacial score (nSPS) is 11.3. The van der Waals surface area contributed by atoms with Crippen molar-refractivity contribution in [2.45, 2.75) is 33.9 Å². The van der Waals surface area contributed by atoms with Crippen molar-refractivity contribution in [1.82, 2.24) is 25.3 Å². The summed E-state index contributed by atoms with van der Waals surface area (Å²) in [5, 5.41) is 10.8. The molecule has 0 unspecified atom stereocenters. The molecule has 1 heterocycles. The zero-order valence-electron chi connectivity index (χ0n) is 18.0. The van der Waals surface area contributed by atoms with Crippen LogP contribution in [0.4, 0.5) is 0 Å². The van der Waals surface area contributed by atoms with E-state index in [9.17, 15) is 0 Å². The molecular weight excluding hydrogens is 479 g/mol. The van der Waals surface area contributed by atoms with Gasteiger partial charge in [0.15, 0.2) is 5.96 Å². The molecule has 162 valence electrons. The highest BCUT2D eigenvalue weighted by atomic mass is 127. The lowest BCUT2D eigenvalue weighted by molar-refractivity contribution is 0.221. The molecule has 0 aliphatic carbocycles. The second-order valence-corrected chi connectivity index (χ2v) is 6.48. The van der Waals surface area contributed by atoms with E-state index in [2.05, 4.69) is 47.5 Å². The molecule has 1 aromatic carbocycles. The van der Waals surface area contributed by atoms with E-state index in [1.54, 1.807) is 6.20 Å². The smallest absolute Gasteiger partial charge is 0.191 e. The number of rotatable bonds is 11. The first-order valence-electron chi connectivity index (χ1n) is 10.1. The molecule has 2 N–H and O–H groups in total. The van der Waals surface area contributed by atoms with E-state index in [0.717, 1.165) is 49.1 Å². The Morgan fingerprint density at radius 1 is 1.14 bits per heavy atom. The quantitative estimate of drug-likeness (QED) is 0.274. The summed E-state index contributed by atoms with van der Waals surface area (Å²) >= 11 is 0. The molecule has 8 heteroatoms. The lowest BCUT2D eigenvalue weighted by atomic mass is 10.2. The van der Waals surface area contributed by atoms with Gasteiger partial charge in [-0.05, 0) is 32.1 Å². The molecule has 0 aliphatic heterocycles. The maximum atomic E-state index is 6.03. The highest BCUT2D eigenvalue weighted by Gasteiger charge is 2.06. The molecule has 0 saturated heterocycles. The molecule has 2 rings (SSSR count). The van der Waals surface area contributed by atoms with Crippen molar-refractivity contribution in [2.75, 3.05) is 32.8 Å². The van der Waals surface area contributed by atoms with E-state index in [1.807, 2.05) is 36.0 Å². The minimum atomic E-state index is 0. The van der Waals surface area contributed by atoms with Crippen LogP contribution in [0, 0.1) is 0 Å². The number of nitrogens with zero attached hydrogens (tertiary/aromatic N) is 4. The van der Waals surface area contributed by atoms with E-state index in [4.69, 9.17) is 9.73 Å². The Hall–Kier alpha value is -1.81. The van der Waals surface area contributed by atoms with Crippen molar-refractivity contribution in [2.24, 2.45) is 12.0 Å². The Labute approximate surface area is 191 Å². The number of aromatic nitrogens is 2. The Kier molecular flexibility index (Phi) is 12.4. The summed E-state index contributed by atoms with van der Waals surface area (Å²) in [5.74, 6) is 1.68. The van der Waals surface area contributed by atoms with E-state index < -0.39 is 0 Å². The molecule has 0 fully saturated rings. The van der Waals surface area contributed by atoms with Gasteiger partial charge in [-0.1, -0.05) is 32.0 Å². The number of benzene rings is 1. The second kappa shape index (κ2) is 14.2. The van der Waals surface area contributed by atoms with Gasteiger partial charge in [-0.2, -0.15) is 5.10 Å². The third kappa shape index (κ3) is 8.61. The molecule has 1 aromatic heterocycles.